The molecule has 0 atom stereocenters. The number of nitrogens with one attached hydrogen (secondary N) is 1. The molecule has 27 heavy (non-hydrogen) atoms. The lowest BCUT2D eigenvalue weighted by Crippen LogP contribution is -2.02. The summed E-state index contributed by atoms with van der Waals surface area (Å²) in [6.45, 7) is 0. The van der Waals surface area contributed by atoms with Gasteiger partial charge in [0.25, 0.3) is 0 Å². The predicted molar refractivity (Wildman–Crippen MR) is 109 cm³/mol. The van der Waals surface area contributed by atoms with Gasteiger partial charge in [-0.1, -0.05) is 41.9 Å². The van der Waals surface area contributed by atoms with Crippen LogP contribution in [-0.4, -0.2) is 35.3 Å². The van der Waals surface area contributed by atoms with E-state index in [1.165, 1.54) is 5.56 Å². The number of H-pyrrole nitrogens is 1. The SMILES string of the molecule is COc1cc(/C=N\n2c(CCc3ccccc3)n[nH]c2=S)cc(Cl)c1OC. The number of aromatic amines is 1. The summed E-state index contributed by atoms with van der Waals surface area (Å²) < 4.78 is 12.6. The number of hydrogen-bond acceptors (Lipinski definition) is 5. The van der Waals surface area contributed by atoms with E-state index in [0.717, 1.165) is 17.8 Å². The lowest BCUT2D eigenvalue weighted by molar-refractivity contribution is 0.355. The molecule has 1 N–H and O–H groups in total. The summed E-state index contributed by atoms with van der Waals surface area (Å²) in [7, 11) is 3.10. The third-order valence-corrected chi connectivity index (χ3v) is 4.52. The third-order valence-electron chi connectivity index (χ3n) is 3.98. The third kappa shape index (κ3) is 4.56. The van der Waals surface area contributed by atoms with E-state index in [4.69, 9.17) is 33.3 Å². The summed E-state index contributed by atoms with van der Waals surface area (Å²) in [6.07, 6.45) is 3.21. The van der Waals surface area contributed by atoms with Crippen molar-refractivity contribution in [3.63, 3.8) is 0 Å². The number of aromatic nitrogens is 3. The highest BCUT2D eigenvalue weighted by atomic mass is 35.5. The van der Waals surface area contributed by atoms with Gasteiger partial charge in [0.2, 0.25) is 4.77 Å². The Morgan fingerprint density at radius 2 is 1.96 bits per heavy atom. The average molecular weight is 403 g/mol. The van der Waals surface area contributed by atoms with Crippen molar-refractivity contribution in [1.82, 2.24) is 14.9 Å². The molecule has 0 aliphatic rings. The summed E-state index contributed by atoms with van der Waals surface area (Å²) >= 11 is 11.5. The average Bonchev–Trinajstić information content (AvgIpc) is 3.04. The predicted octanol–water partition coefficient (Wildman–Crippen LogP) is 4.28. The second-order valence-corrected chi connectivity index (χ2v) is 6.52. The van der Waals surface area contributed by atoms with Crippen molar-refractivity contribution in [3.8, 4) is 11.5 Å². The van der Waals surface area contributed by atoms with Crippen LogP contribution in [0.1, 0.15) is 17.0 Å². The molecular formula is C19H19ClN4O2S. The second kappa shape index (κ2) is 8.83. The number of hydrogen-bond donors (Lipinski definition) is 1. The number of halogens is 1. The smallest absolute Gasteiger partial charge is 0.216 e. The van der Waals surface area contributed by atoms with Crippen LogP contribution in [0.25, 0.3) is 0 Å². The number of rotatable bonds is 7. The van der Waals surface area contributed by atoms with Gasteiger partial charge in [-0.15, -0.1) is 0 Å². The molecule has 6 nitrogen and oxygen atoms in total. The van der Waals surface area contributed by atoms with Crippen LogP contribution in [0.2, 0.25) is 5.02 Å². The monoisotopic (exact) mass is 402 g/mol. The van der Waals surface area contributed by atoms with Gasteiger partial charge in [0, 0.05) is 6.42 Å². The van der Waals surface area contributed by atoms with Crippen molar-refractivity contribution >= 4 is 30.0 Å². The Balaban J connectivity index is 1.82. The van der Waals surface area contributed by atoms with E-state index in [1.807, 2.05) is 18.2 Å². The zero-order valence-corrected chi connectivity index (χ0v) is 16.5. The first-order valence-electron chi connectivity index (χ1n) is 8.28. The largest absolute Gasteiger partial charge is 0.493 e. The number of methoxy groups -OCH3 is 2. The summed E-state index contributed by atoms with van der Waals surface area (Å²) in [5.74, 6) is 1.78. The normalized spacial score (nSPS) is 11.1. The van der Waals surface area contributed by atoms with Crippen molar-refractivity contribution in [3.05, 3.63) is 69.2 Å². The van der Waals surface area contributed by atoms with E-state index in [0.29, 0.717) is 27.7 Å². The van der Waals surface area contributed by atoms with Crippen LogP contribution < -0.4 is 9.47 Å². The Morgan fingerprint density at radius 3 is 2.67 bits per heavy atom. The first kappa shape index (κ1) is 19.1. The van der Waals surface area contributed by atoms with Crippen LogP contribution in [0, 0.1) is 4.77 Å². The molecule has 0 radical (unpaired) electrons. The highest BCUT2D eigenvalue weighted by Gasteiger charge is 2.10. The Hall–Kier alpha value is -2.64. The van der Waals surface area contributed by atoms with Crippen molar-refractivity contribution < 1.29 is 9.47 Å². The quantitative estimate of drug-likeness (QED) is 0.473. The maximum atomic E-state index is 6.24. The van der Waals surface area contributed by atoms with Crippen molar-refractivity contribution in [2.45, 2.75) is 12.8 Å². The van der Waals surface area contributed by atoms with Gasteiger partial charge in [0.1, 0.15) is 0 Å². The lowest BCUT2D eigenvalue weighted by Gasteiger charge is -2.10. The molecule has 3 rings (SSSR count). The summed E-state index contributed by atoms with van der Waals surface area (Å²) in [5, 5.41) is 12.0. The molecule has 0 aliphatic heterocycles. The molecule has 3 aromatic rings. The molecule has 0 amide bonds. The van der Waals surface area contributed by atoms with E-state index < -0.39 is 0 Å². The van der Waals surface area contributed by atoms with Gasteiger partial charge in [-0.2, -0.15) is 14.9 Å². The Bertz CT molecular complexity index is 999. The minimum atomic E-state index is 0.431. The van der Waals surface area contributed by atoms with E-state index in [2.05, 4.69) is 27.4 Å². The van der Waals surface area contributed by atoms with Gasteiger partial charge >= 0.3 is 0 Å². The van der Waals surface area contributed by atoms with Gasteiger partial charge in [-0.25, -0.2) is 0 Å². The van der Waals surface area contributed by atoms with Crippen LogP contribution >= 0.6 is 23.8 Å². The highest BCUT2D eigenvalue weighted by Crippen LogP contribution is 2.35. The van der Waals surface area contributed by atoms with Gasteiger partial charge in [0.15, 0.2) is 17.3 Å². The fourth-order valence-corrected chi connectivity index (χ4v) is 3.14. The Labute approximate surface area is 167 Å². The van der Waals surface area contributed by atoms with Crippen molar-refractivity contribution in [1.29, 1.82) is 0 Å². The maximum Gasteiger partial charge on any atom is 0.216 e. The van der Waals surface area contributed by atoms with E-state index in [-0.39, 0.29) is 0 Å². The number of nitrogens with zero attached hydrogens (tertiary/aromatic N) is 3. The molecule has 1 heterocycles. The second-order valence-electron chi connectivity index (χ2n) is 5.73. The van der Waals surface area contributed by atoms with Gasteiger partial charge < -0.3 is 9.47 Å². The molecule has 0 unspecified atom stereocenters. The standard InChI is InChI=1S/C19H19ClN4O2S/c1-25-16-11-14(10-15(20)18(16)26-2)12-21-24-17(22-23-19(24)27)9-8-13-6-4-3-5-7-13/h3-7,10-12H,8-9H2,1-2H3,(H,23,27)/b21-12-. The van der Waals surface area contributed by atoms with Crippen LogP contribution in [0.4, 0.5) is 0 Å². The Kier molecular flexibility index (Phi) is 6.26. The molecule has 140 valence electrons. The first-order valence-corrected chi connectivity index (χ1v) is 9.07. The van der Waals surface area contributed by atoms with Crippen molar-refractivity contribution in [2.24, 2.45) is 5.10 Å². The zero-order chi connectivity index (χ0) is 19.2. The van der Waals surface area contributed by atoms with Crippen LogP contribution in [0.5, 0.6) is 11.5 Å². The minimum absolute atomic E-state index is 0.431. The Morgan fingerprint density at radius 1 is 1.19 bits per heavy atom. The number of benzene rings is 2. The highest BCUT2D eigenvalue weighted by molar-refractivity contribution is 7.71. The topological polar surface area (TPSA) is 64.4 Å². The molecule has 0 spiro atoms. The summed E-state index contributed by atoms with van der Waals surface area (Å²) in [4.78, 5) is 0. The van der Waals surface area contributed by atoms with Crippen LogP contribution in [0.15, 0.2) is 47.6 Å². The van der Waals surface area contributed by atoms with Gasteiger partial charge in [0.05, 0.1) is 25.5 Å². The van der Waals surface area contributed by atoms with Crippen LogP contribution in [0.3, 0.4) is 0 Å². The molecular weight excluding hydrogens is 384 g/mol. The van der Waals surface area contributed by atoms with Gasteiger partial charge in [-0.3, -0.25) is 5.10 Å². The molecule has 0 aliphatic carbocycles. The lowest BCUT2D eigenvalue weighted by atomic mass is 10.1. The molecule has 1 aromatic heterocycles. The maximum absolute atomic E-state index is 6.24. The fraction of sp³-hybridized carbons (Fsp3) is 0.211. The number of aryl methyl sites for hydroxylation is 2. The van der Waals surface area contributed by atoms with E-state index in [1.54, 1.807) is 37.2 Å². The molecule has 0 saturated heterocycles. The summed E-state index contributed by atoms with van der Waals surface area (Å²) in [6, 6.07) is 13.7. The molecule has 0 saturated carbocycles. The number of ether oxygens (including phenoxy) is 2. The first-order chi connectivity index (χ1) is 13.1. The van der Waals surface area contributed by atoms with E-state index in [9.17, 15) is 0 Å². The zero-order valence-electron chi connectivity index (χ0n) is 15.0. The summed E-state index contributed by atoms with van der Waals surface area (Å²) in [5.41, 5.74) is 1.99. The van der Waals surface area contributed by atoms with Crippen LogP contribution in [-0.2, 0) is 12.8 Å². The minimum Gasteiger partial charge on any atom is -0.493 e. The molecule has 2 aromatic carbocycles. The molecule has 8 heteroatoms. The van der Waals surface area contributed by atoms with E-state index >= 15 is 0 Å². The molecule has 0 bridgehead atoms. The van der Waals surface area contributed by atoms with Gasteiger partial charge in [-0.05, 0) is 41.9 Å². The van der Waals surface area contributed by atoms with Crippen molar-refractivity contribution in [2.75, 3.05) is 14.2 Å². The fourth-order valence-electron chi connectivity index (χ4n) is 2.64. The molecule has 0 fully saturated rings.